The molecule has 4 aliphatic carbocycles. The maximum atomic E-state index is 13.3. The van der Waals surface area contributed by atoms with Crippen LogP contribution < -0.4 is 14.8 Å². The number of hydrogen-bond acceptors (Lipinski definition) is 3. The number of nitrogens with one attached hydrogen (secondary N) is 1. The molecule has 0 unspecified atom stereocenters. The van der Waals surface area contributed by atoms with E-state index in [1.807, 2.05) is 54.6 Å². The van der Waals surface area contributed by atoms with Gasteiger partial charge >= 0.3 is 0 Å². The monoisotopic (exact) mass is 391 g/mol. The predicted octanol–water partition coefficient (Wildman–Crippen LogP) is 5.30. The van der Waals surface area contributed by atoms with Crippen molar-refractivity contribution in [1.29, 1.82) is 0 Å². The SMILES string of the molecule is O=C(Nc1ccccc1OCCOc1ccccc1)C12CC3CC(CC(C3)C1)C2. The summed E-state index contributed by atoms with van der Waals surface area (Å²) in [6.07, 6.45) is 7.23. The van der Waals surface area contributed by atoms with E-state index in [0.717, 1.165) is 48.5 Å². The third-order valence-corrected chi connectivity index (χ3v) is 7.01. The molecular weight excluding hydrogens is 362 g/mol. The van der Waals surface area contributed by atoms with Gasteiger partial charge in [-0.15, -0.1) is 0 Å². The molecule has 29 heavy (non-hydrogen) atoms. The Morgan fingerprint density at radius 1 is 0.828 bits per heavy atom. The molecule has 0 saturated heterocycles. The fourth-order valence-electron chi connectivity index (χ4n) is 6.17. The first kappa shape index (κ1) is 18.5. The van der Waals surface area contributed by atoms with Crippen molar-refractivity contribution in [1.82, 2.24) is 0 Å². The van der Waals surface area contributed by atoms with Gasteiger partial charge in [0.15, 0.2) is 0 Å². The van der Waals surface area contributed by atoms with Gasteiger partial charge in [-0.25, -0.2) is 0 Å². The number of para-hydroxylation sites is 3. The van der Waals surface area contributed by atoms with Crippen LogP contribution in [0.1, 0.15) is 38.5 Å². The van der Waals surface area contributed by atoms with Crippen LogP contribution in [-0.2, 0) is 4.79 Å². The average Bonchev–Trinajstić information content (AvgIpc) is 2.72. The van der Waals surface area contributed by atoms with E-state index in [1.165, 1.54) is 19.3 Å². The highest BCUT2D eigenvalue weighted by molar-refractivity contribution is 5.96. The number of hydrogen-bond donors (Lipinski definition) is 1. The number of rotatable bonds is 7. The topological polar surface area (TPSA) is 47.6 Å². The third-order valence-electron chi connectivity index (χ3n) is 7.01. The van der Waals surface area contributed by atoms with Gasteiger partial charge in [-0.1, -0.05) is 30.3 Å². The van der Waals surface area contributed by atoms with Crippen LogP contribution in [0.25, 0.3) is 0 Å². The van der Waals surface area contributed by atoms with Gasteiger partial charge in [0.25, 0.3) is 0 Å². The van der Waals surface area contributed by atoms with Crippen molar-refractivity contribution in [2.24, 2.45) is 23.2 Å². The molecule has 0 spiro atoms. The molecule has 0 radical (unpaired) electrons. The summed E-state index contributed by atoms with van der Waals surface area (Å²) in [7, 11) is 0. The van der Waals surface area contributed by atoms with Crippen molar-refractivity contribution in [2.75, 3.05) is 18.5 Å². The first-order valence-corrected chi connectivity index (χ1v) is 10.9. The molecule has 0 aliphatic heterocycles. The van der Waals surface area contributed by atoms with Gasteiger partial charge in [0, 0.05) is 0 Å². The molecule has 4 aliphatic rings. The van der Waals surface area contributed by atoms with E-state index in [-0.39, 0.29) is 11.3 Å². The highest BCUT2D eigenvalue weighted by atomic mass is 16.5. The zero-order valence-corrected chi connectivity index (χ0v) is 16.8. The lowest BCUT2D eigenvalue weighted by Gasteiger charge is -2.55. The van der Waals surface area contributed by atoms with Crippen LogP contribution in [0, 0.1) is 23.2 Å². The summed E-state index contributed by atoms with van der Waals surface area (Å²) < 4.78 is 11.6. The van der Waals surface area contributed by atoms with E-state index in [0.29, 0.717) is 19.0 Å². The van der Waals surface area contributed by atoms with E-state index in [2.05, 4.69) is 5.32 Å². The average molecular weight is 392 g/mol. The Hall–Kier alpha value is -2.49. The van der Waals surface area contributed by atoms with Gasteiger partial charge in [-0.05, 0) is 80.5 Å². The van der Waals surface area contributed by atoms with E-state index < -0.39 is 0 Å². The minimum absolute atomic E-state index is 0.154. The van der Waals surface area contributed by atoms with Gasteiger partial charge < -0.3 is 14.8 Å². The zero-order valence-electron chi connectivity index (χ0n) is 16.8. The Kier molecular flexibility index (Phi) is 4.94. The largest absolute Gasteiger partial charge is 0.490 e. The molecule has 4 bridgehead atoms. The van der Waals surface area contributed by atoms with E-state index in [9.17, 15) is 4.79 Å². The first-order valence-electron chi connectivity index (χ1n) is 10.9. The summed E-state index contributed by atoms with van der Waals surface area (Å²) in [6.45, 7) is 0.889. The number of carbonyl (C=O) groups excluding carboxylic acids is 1. The molecular formula is C25H29NO3. The molecule has 4 saturated carbocycles. The number of ether oxygens (including phenoxy) is 2. The second-order valence-electron chi connectivity index (χ2n) is 9.16. The minimum Gasteiger partial charge on any atom is -0.490 e. The molecule has 0 aromatic heterocycles. The maximum Gasteiger partial charge on any atom is 0.230 e. The molecule has 2 aromatic carbocycles. The predicted molar refractivity (Wildman–Crippen MR) is 113 cm³/mol. The fraction of sp³-hybridized carbons (Fsp3) is 0.480. The van der Waals surface area contributed by atoms with Crippen molar-refractivity contribution in [2.45, 2.75) is 38.5 Å². The number of benzene rings is 2. The standard InChI is InChI=1S/C25H29NO3/c27-24(25-15-18-12-19(16-25)14-20(13-18)17-25)26-22-8-4-5-9-23(22)29-11-10-28-21-6-2-1-3-7-21/h1-9,18-20H,10-17H2,(H,26,27). The summed E-state index contributed by atoms with van der Waals surface area (Å²) in [4.78, 5) is 13.3. The lowest BCUT2D eigenvalue weighted by atomic mass is 9.49. The van der Waals surface area contributed by atoms with Crippen LogP contribution in [0.15, 0.2) is 54.6 Å². The Bertz CT molecular complexity index is 828. The van der Waals surface area contributed by atoms with Crippen molar-refractivity contribution >= 4 is 11.6 Å². The Balaban J connectivity index is 1.21. The Labute approximate surface area is 172 Å². The van der Waals surface area contributed by atoms with E-state index in [1.54, 1.807) is 0 Å². The zero-order chi connectivity index (χ0) is 19.7. The maximum absolute atomic E-state index is 13.3. The van der Waals surface area contributed by atoms with Crippen molar-refractivity contribution in [3.05, 3.63) is 54.6 Å². The summed E-state index contributed by atoms with van der Waals surface area (Å²) in [5.74, 6) is 4.02. The number of amides is 1. The fourth-order valence-corrected chi connectivity index (χ4v) is 6.17. The Morgan fingerprint density at radius 2 is 1.41 bits per heavy atom. The van der Waals surface area contributed by atoms with Crippen molar-refractivity contribution < 1.29 is 14.3 Å². The minimum atomic E-state index is -0.154. The van der Waals surface area contributed by atoms with Gasteiger partial charge in [0.1, 0.15) is 24.7 Å². The molecule has 152 valence electrons. The second kappa shape index (κ2) is 7.74. The molecule has 0 atom stereocenters. The summed E-state index contributed by atoms with van der Waals surface area (Å²) in [6, 6.07) is 17.5. The van der Waals surface area contributed by atoms with Crippen LogP contribution in [0.4, 0.5) is 5.69 Å². The molecule has 4 heteroatoms. The normalized spacial score (nSPS) is 29.4. The molecule has 4 nitrogen and oxygen atoms in total. The van der Waals surface area contributed by atoms with Gasteiger partial charge in [0.2, 0.25) is 5.91 Å². The van der Waals surface area contributed by atoms with Crippen LogP contribution in [0.5, 0.6) is 11.5 Å². The smallest absolute Gasteiger partial charge is 0.230 e. The molecule has 0 heterocycles. The lowest BCUT2D eigenvalue weighted by molar-refractivity contribution is -0.140. The lowest BCUT2D eigenvalue weighted by Crippen LogP contribution is -2.51. The molecule has 1 amide bonds. The van der Waals surface area contributed by atoms with Crippen LogP contribution in [-0.4, -0.2) is 19.1 Å². The van der Waals surface area contributed by atoms with Gasteiger partial charge in [-0.3, -0.25) is 4.79 Å². The van der Waals surface area contributed by atoms with Crippen molar-refractivity contribution in [3.8, 4) is 11.5 Å². The first-order chi connectivity index (χ1) is 14.2. The molecule has 1 N–H and O–H groups in total. The van der Waals surface area contributed by atoms with Gasteiger partial charge in [0.05, 0.1) is 11.1 Å². The second-order valence-corrected chi connectivity index (χ2v) is 9.16. The number of anilines is 1. The van der Waals surface area contributed by atoms with Crippen LogP contribution in [0.2, 0.25) is 0 Å². The highest BCUT2D eigenvalue weighted by Crippen LogP contribution is 2.60. The Morgan fingerprint density at radius 3 is 2.10 bits per heavy atom. The van der Waals surface area contributed by atoms with Crippen LogP contribution >= 0.6 is 0 Å². The molecule has 4 fully saturated rings. The van der Waals surface area contributed by atoms with E-state index in [4.69, 9.17) is 9.47 Å². The summed E-state index contributed by atoms with van der Waals surface area (Å²) in [5, 5.41) is 3.22. The highest BCUT2D eigenvalue weighted by Gasteiger charge is 2.54. The molecule has 2 aromatic rings. The summed E-state index contributed by atoms with van der Waals surface area (Å²) in [5.41, 5.74) is 0.617. The summed E-state index contributed by atoms with van der Waals surface area (Å²) >= 11 is 0. The van der Waals surface area contributed by atoms with Crippen molar-refractivity contribution in [3.63, 3.8) is 0 Å². The quantitative estimate of drug-likeness (QED) is 0.652. The van der Waals surface area contributed by atoms with Crippen LogP contribution in [0.3, 0.4) is 0 Å². The van der Waals surface area contributed by atoms with Gasteiger partial charge in [-0.2, -0.15) is 0 Å². The molecule has 6 rings (SSSR count). The van der Waals surface area contributed by atoms with E-state index >= 15 is 0 Å². The third kappa shape index (κ3) is 3.85. The number of carbonyl (C=O) groups is 1.